The molecular formula is C13H13F2NS. The summed E-state index contributed by atoms with van der Waals surface area (Å²) in [5, 5.41) is 4.98. The van der Waals surface area contributed by atoms with Crippen LogP contribution in [0.15, 0.2) is 29.6 Å². The molecule has 0 bridgehead atoms. The molecule has 1 unspecified atom stereocenters. The van der Waals surface area contributed by atoms with Crippen molar-refractivity contribution in [3.8, 4) is 0 Å². The van der Waals surface area contributed by atoms with Gasteiger partial charge < -0.3 is 5.32 Å². The third kappa shape index (κ3) is 2.47. The summed E-state index contributed by atoms with van der Waals surface area (Å²) in [6.07, 6.45) is 0. The number of halogens is 2. The lowest BCUT2D eigenvalue weighted by Gasteiger charge is -2.15. The number of hydrogen-bond donors (Lipinski definition) is 1. The van der Waals surface area contributed by atoms with Crippen LogP contribution in [-0.2, 0) is 0 Å². The molecule has 0 aliphatic heterocycles. The Hall–Kier alpha value is -1.42. The fourth-order valence-corrected chi connectivity index (χ4v) is 2.68. The maximum absolute atomic E-state index is 13.5. The summed E-state index contributed by atoms with van der Waals surface area (Å²) < 4.78 is 26.5. The van der Waals surface area contributed by atoms with Gasteiger partial charge in [-0.15, -0.1) is 11.3 Å². The van der Waals surface area contributed by atoms with Gasteiger partial charge in [-0.25, -0.2) is 8.78 Å². The number of hydrogen-bond acceptors (Lipinski definition) is 2. The Balaban J connectivity index is 2.22. The normalized spacial score (nSPS) is 12.5. The van der Waals surface area contributed by atoms with Gasteiger partial charge in [0.2, 0.25) is 0 Å². The van der Waals surface area contributed by atoms with Crippen molar-refractivity contribution in [3.63, 3.8) is 0 Å². The molecule has 0 saturated carbocycles. The summed E-state index contributed by atoms with van der Waals surface area (Å²) in [5.74, 6) is -1.65. The first-order chi connectivity index (χ1) is 8.09. The maximum Gasteiger partial charge on any atom is 0.181 e. The van der Waals surface area contributed by atoms with E-state index in [4.69, 9.17) is 0 Å². The van der Waals surface area contributed by atoms with Crippen LogP contribution in [0.5, 0.6) is 0 Å². The van der Waals surface area contributed by atoms with Crippen molar-refractivity contribution in [2.75, 3.05) is 5.32 Å². The fraction of sp³-hybridized carbons (Fsp3) is 0.231. The molecule has 0 spiro atoms. The van der Waals surface area contributed by atoms with Crippen molar-refractivity contribution in [1.29, 1.82) is 0 Å². The van der Waals surface area contributed by atoms with Gasteiger partial charge in [-0.3, -0.25) is 0 Å². The van der Waals surface area contributed by atoms with Gasteiger partial charge in [0.05, 0.1) is 11.7 Å². The highest BCUT2D eigenvalue weighted by molar-refractivity contribution is 7.10. The van der Waals surface area contributed by atoms with Crippen molar-refractivity contribution < 1.29 is 8.78 Å². The zero-order valence-electron chi connectivity index (χ0n) is 9.63. The van der Waals surface area contributed by atoms with Crippen LogP contribution in [0, 0.1) is 18.6 Å². The Morgan fingerprint density at radius 1 is 1.24 bits per heavy atom. The van der Waals surface area contributed by atoms with Crippen LogP contribution in [-0.4, -0.2) is 0 Å². The van der Waals surface area contributed by atoms with Gasteiger partial charge in [-0.1, -0.05) is 6.07 Å². The van der Waals surface area contributed by atoms with Crippen LogP contribution in [0.1, 0.15) is 23.4 Å². The van der Waals surface area contributed by atoms with Gasteiger partial charge in [0.25, 0.3) is 0 Å². The first-order valence-corrected chi connectivity index (χ1v) is 6.22. The van der Waals surface area contributed by atoms with Crippen LogP contribution in [0.4, 0.5) is 14.5 Å². The topological polar surface area (TPSA) is 12.0 Å². The molecular weight excluding hydrogens is 240 g/mol. The molecule has 1 aromatic carbocycles. The highest BCUT2D eigenvalue weighted by Crippen LogP contribution is 2.28. The summed E-state index contributed by atoms with van der Waals surface area (Å²) in [6.45, 7) is 3.94. The summed E-state index contributed by atoms with van der Waals surface area (Å²) in [5.41, 5.74) is 1.36. The van der Waals surface area contributed by atoms with E-state index < -0.39 is 11.6 Å². The van der Waals surface area contributed by atoms with E-state index in [9.17, 15) is 8.78 Å². The molecule has 90 valence electrons. The predicted molar refractivity (Wildman–Crippen MR) is 67.5 cm³/mol. The van der Waals surface area contributed by atoms with Gasteiger partial charge in [0.1, 0.15) is 0 Å². The Bertz CT molecular complexity index is 522. The van der Waals surface area contributed by atoms with E-state index in [0.717, 1.165) is 16.5 Å². The van der Waals surface area contributed by atoms with E-state index in [0.29, 0.717) is 0 Å². The molecule has 0 aliphatic carbocycles. The molecule has 0 saturated heterocycles. The van der Waals surface area contributed by atoms with E-state index in [2.05, 4.69) is 5.32 Å². The highest BCUT2D eigenvalue weighted by Gasteiger charge is 2.13. The van der Waals surface area contributed by atoms with Gasteiger partial charge in [0, 0.05) is 4.88 Å². The number of rotatable bonds is 3. The first kappa shape index (κ1) is 12.0. The lowest BCUT2D eigenvalue weighted by molar-refractivity contribution is 0.510. The van der Waals surface area contributed by atoms with Gasteiger partial charge in [-0.2, -0.15) is 0 Å². The lowest BCUT2D eigenvalue weighted by atomic mass is 10.2. The average Bonchev–Trinajstić information content (AvgIpc) is 2.71. The second kappa shape index (κ2) is 4.84. The minimum absolute atomic E-state index is 0.0358. The fourth-order valence-electron chi connectivity index (χ4n) is 1.74. The van der Waals surface area contributed by atoms with Crippen molar-refractivity contribution in [2.24, 2.45) is 0 Å². The van der Waals surface area contributed by atoms with E-state index in [1.165, 1.54) is 12.1 Å². The van der Waals surface area contributed by atoms with Crippen LogP contribution in [0.25, 0.3) is 0 Å². The van der Waals surface area contributed by atoms with Gasteiger partial charge >= 0.3 is 0 Å². The summed E-state index contributed by atoms with van der Waals surface area (Å²) in [7, 11) is 0. The number of anilines is 1. The van der Waals surface area contributed by atoms with Crippen molar-refractivity contribution in [3.05, 3.63) is 51.7 Å². The molecule has 0 radical (unpaired) electrons. The minimum Gasteiger partial charge on any atom is -0.375 e. The van der Waals surface area contributed by atoms with E-state index in [1.807, 2.05) is 25.3 Å². The van der Waals surface area contributed by atoms with Crippen LogP contribution in [0.2, 0.25) is 0 Å². The standard InChI is InChI=1S/C13H13F2NS/c1-8-6-7-17-13(8)9(2)16-11-5-3-4-10(14)12(11)15/h3-7,9,16H,1-2H3. The second-order valence-electron chi connectivity index (χ2n) is 3.94. The number of benzene rings is 1. The van der Waals surface area contributed by atoms with Crippen molar-refractivity contribution in [2.45, 2.75) is 19.9 Å². The molecule has 1 atom stereocenters. The lowest BCUT2D eigenvalue weighted by Crippen LogP contribution is -2.08. The van der Waals surface area contributed by atoms with Gasteiger partial charge in [0.15, 0.2) is 11.6 Å². The molecule has 0 aliphatic rings. The Morgan fingerprint density at radius 3 is 2.65 bits per heavy atom. The molecule has 4 heteroatoms. The molecule has 17 heavy (non-hydrogen) atoms. The summed E-state index contributed by atoms with van der Waals surface area (Å²) >= 11 is 1.61. The maximum atomic E-state index is 13.5. The van der Waals surface area contributed by atoms with Crippen molar-refractivity contribution in [1.82, 2.24) is 0 Å². The Kier molecular flexibility index (Phi) is 3.43. The zero-order chi connectivity index (χ0) is 12.4. The van der Waals surface area contributed by atoms with Crippen LogP contribution in [0.3, 0.4) is 0 Å². The molecule has 2 aromatic rings. The Morgan fingerprint density at radius 2 is 2.00 bits per heavy atom. The monoisotopic (exact) mass is 253 g/mol. The third-order valence-corrected chi connectivity index (χ3v) is 3.82. The molecule has 1 N–H and O–H groups in total. The SMILES string of the molecule is Cc1ccsc1C(C)Nc1cccc(F)c1F. The van der Waals surface area contributed by atoms with Crippen LogP contribution < -0.4 is 5.32 Å². The molecule has 1 aromatic heterocycles. The zero-order valence-corrected chi connectivity index (χ0v) is 10.4. The Labute approximate surface area is 103 Å². The second-order valence-corrected chi connectivity index (χ2v) is 4.88. The molecule has 0 fully saturated rings. The minimum atomic E-state index is -0.829. The van der Waals surface area contributed by atoms with Gasteiger partial charge in [-0.05, 0) is 43.0 Å². The molecule has 1 nitrogen and oxygen atoms in total. The first-order valence-electron chi connectivity index (χ1n) is 5.34. The quantitative estimate of drug-likeness (QED) is 0.848. The number of aryl methyl sites for hydroxylation is 1. The van der Waals surface area contributed by atoms with Crippen molar-refractivity contribution >= 4 is 17.0 Å². The molecule has 1 heterocycles. The number of thiophene rings is 1. The van der Waals surface area contributed by atoms with Crippen LogP contribution >= 0.6 is 11.3 Å². The smallest absolute Gasteiger partial charge is 0.181 e. The average molecular weight is 253 g/mol. The predicted octanol–water partition coefficient (Wildman–Crippen LogP) is 4.51. The molecule has 0 amide bonds. The highest BCUT2D eigenvalue weighted by atomic mass is 32.1. The van der Waals surface area contributed by atoms with E-state index >= 15 is 0 Å². The largest absolute Gasteiger partial charge is 0.375 e. The van der Waals surface area contributed by atoms with E-state index in [1.54, 1.807) is 11.3 Å². The third-order valence-electron chi connectivity index (χ3n) is 2.62. The number of nitrogens with one attached hydrogen (secondary N) is 1. The van der Waals surface area contributed by atoms with E-state index in [-0.39, 0.29) is 11.7 Å². The summed E-state index contributed by atoms with van der Waals surface area (Å²) in [6, 6.07) is 6.13. The molecule has 2 rings (SSSR count). The summed E-state index contributed by atoms with van der Waals surface area (Å²) in [4.78, 5) is 1.13.